The van der Waals surface area contributed by atoms with Crippen LogP contribution in [0.4, 0.5) is 0 Å². The number of hydrogen-bond donors (Lipinski definition) is 1. The van der Waals surface area contributed by atoms with Crippen LogP contribution in [0.5, 0.6) is 0 Å². The maximum absolute atomic E-state index is 11.5. The zero-order valence-electron chi connectivity index (χ0n) is 14.2. The number of aliphatic hydroxyl groups is 1. The van der Waals surface area contributed by atoms with Crippen molar-refractivity contribution in [3.63, 3.8) is 0 Å². The molecular weight excluding hydrogens is 316 g/mol. The SMILES string of the molecule is C/C=C/C(=O)OCC(CO)(COC(=O)/C=C/C)COC(=O)/C=C/C. The summed E-state index contributed by atoms with van der Waals surface area (Å²) in [5.41, 5.74) is -1.24. The van der Waals surface area contributed by atoms with Gasteiger partial charge in [-0.3, -0.25) is 0 Å². The van der Waals surface area contributed by atoms with Gasteiger partial charge in [-0.1, -0.05) is 18.2 Å². The molecule has 0 atom stereocenters. The molecule has 0 aromatic rings. The summed E-state index contributed by atoms with van der Waals surface area (Å²) in [6, 6.07) is 0. The number of rotatable bonds is 10. The summed E-state index contributed by atoms with van der Waals surface area (Å²) in [6.45, 7) is 3.61. The van der Waals surface area contributed by atoms with E-state index < -0.39 is 29.9 Å². The molecule has 0 bridgehead atoms. The van der Waals surface area contributed by atoms with Gasteiger partial charge in [0.15, 0.2) is 0 Å². The van der Waals surface area contributed by atoms with Crippen molar-refractivity contribution in [1.82, 2.24) is 0 Å². The summed E-state index contributed by atoms with van der Waals surface area (Å²) >= 11 is 0. The smallest absolute Gasteiger partial charge is 0.330 e. The van der Waals surface area contributed by atoms with Crippen LogP contribution < -0.4 is 0 Å². The Labute approximate surface area is 141 Å². The van der Waals surface area contributed by atoms with Crippen molar-refractivity contribution < 1.29 is 33.7 Å². The van der Waals surface area contributed by atoms with E-state index in [2.05, 4.69) is 0 Å². The van der Waals surface area contributed by atoms with Gasteiger partial charge < -0.3 is 19.3 Å². The number of carbonyl (C=O) groups excluding carboxylic acids is 3. The minimum absolute atomic E-state index is 0.279. The first-order valence-electron chi connectivity index (χ1n) is 7.42. The molecule has 0 saturated carbocycles. The highest BCUT2D eigenvalue weighted by Crippen LogP contribution is 2.19. The third-order valence-electron chi connectivity index (χ3n) is 2.81. The van der Waals surface area contributed by atoms with Gasteiger partial charge in [-0.2, -0.15) is 0 Å². The van der Waals surface area contributed by atoms with Crippen molar-refractivity contribution in [3.8, 4) is 0 Å². The highest BCUT2D eigenvalue weighted by molar-refractivity contribution is 5.82. The molecule has 134 valence electrons. The monoisotopic (exact) mass is 340 g/mol. The van der Waals surface area contributed by atoms with Gasteiger partial charge in [0.05, 0.1) is 12.0 Å². The van der Waals surface area contributed by atoms with E-state index in [1.165, 1.54) is 36.5 Å². The Hall–Kier alpha value is -2.41. The van der Waals surface area contributed by atoms with Crippen molar-refractivity contribution in [2.45, 2.75) is 20.8 Å². The second-order valence-corrected chi connectivity index (χ2v) is 4.98. The van der Waals surface area contributed by atoms with Crippen LogP contribution in [0.3, 0.4) is 0 Å². The molecule has 0 aliphatic carbocycles. The van der Waals surface area contributed by atoms with Crippen molar-refractivity contribution in [2.75, 3.05) is 26.4 Å². The molecule has 0 amide bonds. The van der Waals surface area contributed by atoms with Crippen LogP contribution in [0.25, 0.3) is 0 Å². The number of allylic oxidation sites excluding steroid dienone is 3. The predicted molar refractivity (Wildman–Crippen MR) is 86.8 cm³/mol. The number of hydrogen-bond acceptors (Lipinski definition) is 7. The Morgan fingerprint density at radius 2 is 1.04 bits per heavy atom. The Kier molecular flexibility index (Phi) is 10.9. The van der Waals surface area contributed by atoms with E-state index in [9.17, 15) is 19.5 Å². The van der Waals surface area contributed by atoms with Gasteiger partial charge in [-0.25, -0.2) is 14.4 Å². The number of ether oxygens (including phenoxy) is 3. The van der Waals surface area contributed by atoms with Crippen LogP contribution in [0, 0.1) is 5.41 Å². The number of aliphatic hydroxyl groups excluding tert-OH is 1. The summed E-state index contributed by atoms with van der Waals surface area (Å²) in [4.78, 5) is 34.4. The molecule has 0 fully saturated rings. The minimum Gasteiger partial charge on any atom is -0.462 e. The molecule has 24 heavy (non-hydrogen) atoms. The van der Waals surface area contributed by atoms with Gasteiger partial charge in [0.2, 0.25) is 0 Å². The van der Waals surface area contributed by atoms with E-state index in [0.717, 1.165) is 0 Å². The zero-order valence-corrected chi connectivity index (χ0v) is 14.2. The number of carbonyl (C=O) groups is 3. The molecule has 1 N–H and O–H groups in total. The predicted octanol–water partition coefficient (Wildman–Crippen LogP) is 1.32. The van der Waals surface area contributed by atoms with Crippen LogP contribution >= 0.6 is 0 Å². The molecule has 7 heteroatoms. The molecule has 7 nitrogen and oxygen atoms in total. The molecule has 0 saturated heterocycles. The third-order valence-corrected chi connectivity index (χ3v) is 2.81. The van der Waals surface area contributed by atoms with E-state index in [0.29, 0.717) is 0 Å². The topological polar surface area (TPSA) is 99.1 Å². The standard InChI is InChI=1S/C17H24O7/c1-4-7-14(19)22-11-17(10-18,12-23-15(20)8-5-2)13-24-16(21)9-6-3/h4-9,18H,10-13H2,1-3H3/b7-4+,8-5+,9-6+. The largest absolute Gasteiger partial charge is 0.462 e. The fourth-order valence-electron chi connectivity index (χ4n) is 1.49. The number of esters is 3. The minimum atomic E-state index is -1.24. The van der Waals surface area contributed by atoms with Crippen molar-refractivity contribution in [1.29, 1.82) is 0 Å². The average Bonchev–Trinajstić information content (AvgIpc) is 2.55. The third kappa shape index (κ3) is 8.89. The molecule has 0 aliphatic heterocycles. The molecule has 0 rings (SSSR count). The zero-order chi connectivity index (χ0) is 18.4. The first-order valence-corrected chi connectivity index (χ1v) is 7.42. The van der Waals surface area contributed by atoms with E-state index in [1.807, 2.05) is 0 Å². The first kappa shape index (κ1) is 21.6. The summed E-state index contributed by atoms with van der Waals surface area (Å²) in [7, 11) is 0. The molecule has 0 aromatic heterocycles. The highest BCUT2D eigenvalue weighted by Gasteiger charge is 2.35. The highest BCUT2D eigenvalue weighted by atomic mass is 16.6. The Balaban J connectivity index is 5.00. The lowest BCUT2D eigenvalue weighted by Crippen LogP contribution is -2.42. The summed E-state index contributed by atoms with van der Waals surface area (Å²) in [5.74, 6) is -1.85. The van der Waals surface area contributed by atoms with Crippen molar-refractivity contribution in [3.05, 3.63) is 36.5 Å². The Bertz CT molecular complexity index is 434. The summed E-state index contributed by atoms with van der Waals surface area (Å²) in [5, 5.41) is 9.68. The van der Waals surface area contributed by atoms with Gasteiger partial charge in [0.1, 0.15) is 19.8 Å². The Morgan fingerprint density at radius 1 is 0.750 bits per heavy atom. The van der Waals surface area contributed by atoms with Crippen LogP contribution in [-0.2, 0) is 28.6 Å². The molecule has 0 unspecified atom stereocenters. The second kappa shape index (κ2) is 12.1. The maximum atomic E-state index is 11.5. The summed E-state index contributed by atoms with van der Waals surface area (Å²) < 4.78 is 15.1. The van der Waals surface area contributed by atoms with Gasteiger partial charge in [0.25, 0.3) is 0 Å². The van der Waals surface area contributed by atoms with Crippen LogP contribution in [-0.4, -0.2) is 49.4 Å². The molecular formula is C17H24O7. The van der Waals surface area contributed by atoms with Crippen LogP contribution in [0.1, 0.15) is 20.8 Å². The average molecular weight is 340 g/mol. The van der Waals surface area contributed by atoms with E-state index in [4.69, 9.17) is 14.2 Å². The van der Waals surface area contributed by atoms with E-state index in [1.54, 1.807) is 20.8 Å². The molecule has 0 spiro atoms. The quantitative estimate of drug-likeness (QED) is 0.364. The van der Waals surface area contributed by atoms with Crippen LogP contribution in [0.15, 0.2) is 36.5 Å². The maximum Gasteiger partial charge on any atom is 0.330 e. The van der Waals surface area contributed by atoms with Gasteiger partial charge >= 0.3 is 17.9 Å². The lowest BCUT2D eigenvalue weighted by Gasteiger charge is -2.29. The Morgan fingerprint density at radius 3 is 1.25 bits per heavy atom. The molecule has 0 radical (unpaired) electrons. The first-order chi connectivity index (χ1) is 11.4. The molecule has 0 aromatic carbocycles. The normalized spacial score (nSPS) is 12.0. The van der Waals surface area contributed by atoms with Gasteiger partial charge in [-0.05, 0) is 20.8 Å². The van der Waals surface area contributed by atoms with E-state index >= 15 is 0 Å². The van der Waals surface area contributed by atoms with Crippen molar-refractivity contribution >= 4 is 17.9 Å². The summed E-state index contributed by atoms with van der Waals surface area (Å²) in [6.07, 6.45) is 8.13. The van der Waals surface area contributed by atoms with Gasteiger partial charge in [-0.15, -0.1) is 0 Å². The fraction of sp³-hybridized carbons (Fsp3) is 0.471. The van der Waals surface area contributed by atoms with Crippen molar-refractivity contribution in [2.24, 2.45) is 5.41 Å². The second-order valence-electron chi connectivity index (χ2n) is 4.98. The van der Waals surface area contributed by atoms with Gasteiger partial charge in [0, 0.05) is 18.2 Å². The van der Waals surface area contributed by atoms with E-state index in [-0.39, 0.29) is 19.8 Å². The lowest BCUT2D eigenvalue weighted by atomic mass is 9.92. The van der Waals surface area contributed by atoms with Crippen LogP contribution in [0.2, 0.25) is 0 Å². The fourth-order valence-corrected chi connectivity index (χ4v) is 1.49. The molecule has 0 aliphatic rings. The molecule has 0 heterocycles. The lowest BCUT2D eigenvalue weighted by molar-refractivity contribution is -0.159.